The number of allylic oxidation sites excluding steroid dienone is 4. The minimum Gasteiger partial charge on any atom is -0.469 e. The molecule has 122 valence electrons. The van der Waals surface area contributed by atoms with E-state index in [0.29, 0.717) is 5.82 Å². The zero-order valence-corrected chi connectivity index (χ0v) is 13.5. The summed E-state index contributed by atoms with van der Waals surface area (Å²) in [4.78, 5) is 17.8. The van der Waals surface area contributed by atoms with E-state index in [0.717, 1.165) is 40.4 Å². The van der Waals surface area contributed by atoms with Crippen LogP contribution in [0.1, 0.15) is 17.7 Å². The summed E-state index contributed by atoms with van der Waals surface area (Å²) in [5.41, 5.74) is 1.91. The lowest BCUT2D eigenvalue weighted by Gasteiger charge is -2.15. The molecule has 0 spiro atoms. The lowest BCUT2D eigenvalue weighted by Crippen LogP contribution is -2.23. The molecular weight excluding hydrogens is 312 g/mol. The maximum atomic E-state index is 5.72. The molecule has 2 heterocycles. The molecule has 0 atom stereocenters. The Kier molecular flexibility index (Phi) is 4.29. The summed E-state index contributed by atoms with van der Waals surface area (Å²) in [6.45, 7) is 0. The predicted octanol–water partition coefficient (Wildman–Crippen LogP) is 2.62. The molecule has 5 nitrogen and oxygen atoms in total. The first-order valence-electron chi connectivity index (χ1n) is 8.10. The van der Waals surface area contributed by atoms with E-state index in [1.54, 1.807) is 25.0 Å². The Morgan fingerprint density at radius 2 is 1.92 bits per heavy atom. The van der Waals surface area contributed by atoms with Crippen molar-refractivity contribution in [2.45, 2.75) is 12.8 Å². The van der Waals surface area contributed by atoms with E-state index >= 15 is 0 Å². The van der Waals surface area contributed by atoms with Crippen molar-refractivity contribution < 1.29 is 4.74 Å². The van der Waals surface area contributed by atoms with Gasteiger partial charge in [-0.2, -0.15) is 0 Å². The maximum Gasteiger partial charge on any atom is 0.163 e. The van der Waals surface area contributed by atoms with Crippen LogP contribution in [0, 0.1) is 0 Å². The zero-order valence-electron chi connectivity index (χ0n) is 13.5. The van der Waals surface area contributed by atoms with Crippen molar-refractivity contribution in [1.29, 1.82) is 0 Å². The van der Waals surface area contributed by atoms with E-state index in [1.165, 1.54) is 0 Å². The number of aromatic nitrogens is 2. The van der Waals surface area contributed by atoms with Crippen LogP contribution in [-0.4, -0.2) is 16.2 Å². The number of ether oxygens (including phenoxy) is 1. The van der Waals surface area contributed by atoms with Crippen molar-refractivity contribution >= 4 is 24.3 Å². The molecule has 25 heavy (non-hydrogen) atoms. The molecule has 1 aromatic carbocycles. The average molecular weight is 328 g/mol. The van der Waals surface area contributed by atoms with Gasteiger partial charge < -0.3 is 4.74 Å². The van der Waals surface area contributed by atoms with Crippen LogP contribution < -0.4 is 10.6 Å². The molecule has 2 bridgehead atoms. The molecule has 5 heteroatoms. The van der Waals surface area contributed by atoms with Crippen LogP contribution in [0.2, 0.25) is 0 Å². The SMILES string of the molecule is C1=CC=NC=c2ccccc2=Nc2ncnc3c2C=C(CC3)OC=C1. The van der Waals surface area contributed by atoms with Gasteiger partial charge in [0, 0.05) is 29.6 Å². The molecule has 0 amide bonds. The zero-order chi connectivity index (χ0) is 16.9. The molecule has 1 aliphatic heterocycles. The topological polar surface area (TPSA) is 59.7 Å². The molecule has 0 unspecified atom stereocenters. The van der Waals surface area contributed by atoms with Crippen molar-refractivity contribution in [3.8, 4) is 0 Å². The lowest BCUT2D eigenvalue weighted by atomic mass is 10.0. The number of nitrogens with zero attached hydrogens (tertiary/aromatic N) is 4. The third-order valence-corrected chi connectivity index (χ3v) is 3.93. The number of para-hydroxylation sites is 1. The summed E-state index contributed by atoms with van der Waals surface area (Å²) in [5, 5.41) is 1.75. The van der Waals surface area contributed by atoms with Gasteiger partial charge in [0.2, 0.25) is 0 Å². The molecule has 0 fully saturated rings. The van der Waals surface area contributed by atoms with Crippen molar-refractivity contribution in [2.24, 2.45) is 9.98 Å². The smallest absolute Gasteiger partial charge is 0.163 e. The van der Waals surface area contributed by atoms with Gasteiger partial charge in [0.15, 0.2) is 5.82 Å². The fourth-order valence-electron chi connectivity index (χ4n) is 2.70. The van der Waals surface area contributed by atoms with Gasteiger partial charge in [0.05, 0.1) is 17.3 Å². The van der Waals surface area contributed by atoms with Gasteiger partial charge in [0.25, 0.3) is 0 Å². The van der Waals surface area contributed by atoms with E-state index in [4.69, 9.17) is 9.73 Å². The molecule has 4 rings (SSSR count). The summed E-state index contributed by atoms with van der Waals surface area (Å²) >= 11 is 0. The van der Waals surface area contributed by atoms with Gasteiger partial charge in [-0.25, -0.2) is 15.0 Å². The number of aliphatic imine (C=N–C) groups is 1. The van der Waals surface area contributed by atoms with Gasteiger partial charge in [0.1, 0.15) is 12.1 Å². The van der Waals surface area contributed by atoms with Gasteiger partial charge in [-0.15, -0.1) is 0 Å². The summed E-state index contributed by atoms with van der Waals surface area (Å²) in [5.74, 6) is 1.53. The Morgan fingerprint density at radius 3 is 2.92 bits per heavy atom. The highest BCUT2D eigenvalue weighted by molar-refractivity contribution is 5.73. The highest BCUT2D eigenvalue weighted by atomic mass is 16.5. The monoisotopic (exact) mass is 328 g/mol. The Hall–Kier alpha value is -3.34. The van der Waals surface area contributed by atoms with Crippen LogP contribution in [-0.2, 0) is 11.2 Å². The number of benzene rings is 1. The van der Waals surface area contributed by atoms with Gasteiger partial charge in [-0.3, -0.25) is 4.99 Å². The fraction of sp³-hybridized carbons (Fsp3) is 0.100. The molecule has 1 aliphatic carbocycles. The summed E-state index contributed by atoms with van der Waals surface area (Å²) in [6, 6.07) is 7.86. The standard InChI is InChI=1S/C20H16N4O/c1-4-10-21-13-15-6-2-3-7-18(15)24-20-17-12-16(25-11-5-1)8-9-19(17)22-14-23-20/h1-7,10-14H,8-9H2. The molecule has 0 saturated carbocycles. The summed E-state index contributed by atoms with van der Waals surface area (Å²) < 4.78 is 5.72. The first kappa shape index (κ1) is 15.2. The summed E-state index contributed by atoms with van der Waals surface area (Å²) in [6.07, 6.45) is 15.9. The Bertz CT molecular complexity index is 1030. The fourth-order valence-corrected chi connectivity index (χ4v) is 2.70. The Labute approximate surface area is 145 Å². The third kappa shape index (κ3) is 3.45. The predicted molar refractivity (Wildman–Crippen MR) is 97.5 cm³/mol. The normalized spacial score (nSPS) is 15.6. The molecule has 0 N–H and O–H groups in total. The third-order valence-electron chi connectivity index (χ3n) is 3.93. The van der Waals surface area contributed by atoms with E-state index in [1.807, 2.05) is 48.6 Å². The quantitative estimate of drug-likeness (QED) is 0.747. The van der Waals surface area contributed by atoms with Crippen molar-refractivity contribution in [3.63, 3.8) is 0 Å². The van der Waals surface area contributed by atoms with Crippen LogP contribution in [0.15, 0.2) is 70.8 Å². The lowest BCUT2D eigenvalue weighted by molar-refractivity contribution is 0.335. The van der Waals surface area contributed by atoms with Gasteiger partial charge in [-0.05, 0) is 30.7 Å². The van der Waals surface area contributed by atoms with Crippen LogP contribution >= 0.6 is 0 Å². The van der Waals surface area contributed by atoms with Crippen molar-refractivity contribution in [1.82, 2.24) is 9.97 Å². The van der Waals surface area contributed by atoms with Crippen LogP contribution in [0.5, 0.6) is 0 Å². The minimum atomic E-state index is 0.646. The van der Waals surface area contributed by atoms with E-state index in [2.05, 4.69) is 15.0 Å². The molecule has 1 aromatic heterocycles. The molecule has 0 saturated heterocycles. The van der Waals surface area contributed by atoms with Crippen LogP contribution in [0.3, 0.4) is 0 Å². The van der Waals surface area contributed by atoms with Crippen LogP contribution in [0.25, 0.3) is 12.3 Å². The molecular formula is C20H16N4O. The largest absolute Gasteiger partial charge is 0.469 e. The Balaban J connectivity index is 1.96. The highest BCUT2D eigenvalue weighted by Gasteiger charge is 2.16. The summed E-state index contributed by atoms with van der Waals surface area (Å²) in [7, 11) is 0. The van der Waals surface area contributed by atoms with E-state index in [9.17, 15) is 0 Å². The minimum absolute atomic E-state index is 0.646. The highest BCUT2D eigenvalue weighted by Crippen LogP contribution is 2.28. The van der Waals surface area contributed by atoms with Crippen molar-refractivity contribution in [2.75, 3.05) is 0 Å². The first-order valence-corrected chi connectivity index (χ1v) is 8.10. The van der Waals surface area contributed by atoms with E-state index in [-0.39, 0.29) is 0 Å². The maximum absolute atomic E-state index is 5.72. The second-order valence-corrected chi connectivity index (χ2v) is 5.60. The van der Waals surface area contributed by atoms with Gasteiger partial charge >= 0.3 is 0 Å². The van der Waals surface area contributed by atoms with Crippen molar-refractivity contribution in [3.05, 3.63) is 82.7 Å². The number of rotatable bonds is 0. The van der Waals surface area contributed by atoms with E-state index < -0.39 is 0 Å². The van der Waals surface area contributed by atoms with Gasteiger partial charge in [-0.1, -0.05) is 24.3 Å². The number of fused-ring (bicyclic) bond motifs is 1. The Morgan fingerprint density at radius 1 is 0.960 bits per heavy atom. The number of aryl methyl sites for hydroxylation is 1. The number of hydrogen-bond acceptors (Lipinski definition) is 5. The van der Waals surface area contributed by atoms with Crippen LogP contribution in [0.4, 0.5) is 5.82 Å². The second kappa shape index (κ2) is 7.05. The second-order valence-electron chi connectivity index (χ2n) is 5.60. The number of hydrogen-bond donors (Lipinski definition) is 0. The molecule has 2 aromatic rings. The molecule has 2 aliphatic rings. The first-order chi connectivity index (χ1) is 12.4. The average Bonchev–Trinajstić information content (AvgIpc) is 2.65. The molecule has 0 radical (unpaired) electrons.